The predicted molar refractivity (Wildman–Crippen MR) is 99.9 cm³/mol. The van der Waals surface area contributed by atoms with Gasteiger partial charge in [-0.1, -0.05) is 12.1 Å². The lowest BCUT2D eigenvalue weighted by Crippen LogP contribution is -2.31. The molecule has 8 nitrogen and oxygen atoms in total. The molecule has 0 aliphatic carbocycles. The zero-order valence-corrected chi connectivity index (χ0v) is 15.3. The standard InChI is InChI=1S/C20H19N3O5/c1-2-28-20(27)15-9-5-11-21-17(15)22-16(24)10-6-12-23-18(25)13-7-3-4-8-14(13)19(23)26/h3-5,7-9,11H,2,6,10,12H2,1H3,(H,21,22,24). The summed E-state index contributed by atoms with van der Waals surface area (Å²) in [6.45, 7) is 2.03. The molecule has 0 atom stereocenters. The Labute approximate surface area is 161 Å². The van der Waals surface area contributed by atoms with Gasteiger partial charge < -0.3 is 10.1 Å². The van der Waals surface area contributed by atoms with Gasteiger partial charge in [-0.15, -0.1) is 0 Å². The minimum absolute atomic E-state index is 0.0618. The first-order valence-corrected chi connectivity index (χ1v) is 8.90. The van der Waals surface area contributed by atoms with Crippen LogP contribution >= 0.6 is 0 Å². The number of anilines is 1. The molecule has 0 fully saturated rings. The molecule has 28 heavy (non-hydrogen) atoms. The highest BCUT2D eigenvalue weighted by Gasteiger charge is 2.34. The summed E-state index contributed by atoms with van der Waals surface area (Å²) in [7, 11) is 0. The molecule has 2 heterocycles. The molecule has 0 unspecified atom stereocenters. The second kappa shape index (κ2) is 8.43. The molecular formula is C20H19N3O5. The Morgan fingerprint density at radius 2 is 1.75 bits per heavy atom. The summed E-state index contributed by atoms with van der Waals surface area (Å²) in [6.07, 6.45) is 1.81. The summed E-state index contributed by atoms with van der Waals surface area (Å²) in [5.74, 6) is -1.53. The Morgan fingerprint density at radius 1 is 1.07 bits per heavy atom. The number of imide groups is 1. The van der Waals surface area contributed by atoms with Crippen molar-refractivity contribution in [2.45, 2.75) is 19.8 Å². The zero-order chi connectivity index (χ0) is 20.1. The summed E-state index contributed by atoms with van der Waals surface area (Å²) < 4.78 is 4.94. The zero-order valence-electron chi connectivity index (χ0n) is 15.3. The highest BCUT2D eigenvalue weighted by atomic mass is 16.5. The molecule has 1 aromatic carbocycles. The van der Waals surface area contributed by atoms with Crippen molar-refractivity contribution < 1.29 is 23.9 Å². The number of rotatable bonds is 7. The Kier molecular flexibility index (Phi) is 5.78. The van der Waals surface area contributed by atoms with Crippen LogP contribution in [0.4, 0.5) is 5.82 Å². The number of hydrogen-bond acceptors (Lipinski definition) is 6. The Morgan fingerprint density at radius 3 is 2.39 bits per heavy atom. The van der Waals surface area contributed by atoms with Gasteiger partial charge in [0.1, 0.15) is 11.4 Å². The molecule has 2 aromatic rings. The molecule has 0 saturated carbocycles. The highest BCUT2D eigenvalue weighted by molar-refractivity contribution is 6.21. The molecule has 0 radical (unpaired) electrons. The second-order valence-corrected chi connectivity index (χ2v) is 6.08. The number of hydrogen-bond donors (Lipinski definition) is 1. The number of esters is 1. The number of aromatic nitrogens is 1. The quantitative estimate of drug-likeness (QED) is 0.583. The van der Waals surface area contributed by atoms with E-state index in [1.165, 1.54) is 12.3 Å². The van der Waals surface area contributed by atoms with Crippen molar-refractivity contribution in [1.82, 2.24) is 9.88 Å². The summed E-state index contributed by atoms with van der Waals surface area (Å²) in [5.41, 5.74) is 0.923. The number of carbonyl (C=O) groups excluding carboxylic acids is 4. The molecule has 0 bridgehead atoms. The fourth-order valence-corrected chi connectivity index (χ4v) is 2.91. The maximum absolute atomic E-state index is 12.3. The van der Waals surface area contributed by atoms with Crippen LogP contribution in [0.3, 0.4) is 0 Å². The van der Waals surface area contributed by atoms with Gasteiger partial charge in [0.2, 0.25) is 5.91 Å². The van der Waals surface area contributed by atoms with Crippen LogP contribution in [0.1, 0.15) is 50.8 Å². The first kappa shape index (κ1) is 19.2. The molecule has 144 valence electrons. The van der Waals surface area contributed by atoms with Crippen molar-refractivity contribution in [3.63, 3.8) is 0 Å². The van der Waals surface area contributed by atoms with Crippen LogP contribution in [0.15, 0.2) is 42.6 Å². The SMILES string of the molecule is CCOC(=O)c1cccnc1NC(=O)CCCN1C(=O)c2ccccc2C1=O. The first-order chi connectivity index (χ1) is 13.5. The number of nitrogens with one attached hydrogen (secondary N) is 1. The average molecular weight is 381 g/mol. The first-order valence-electron chi connectivity index (χ1n) is 8.90. The molecule has 8 heteroatoms. The highest BCUT2D eigenvalue weighted by Crippen LogP contribution is 2.22. The molecule has 1 aliphatic rings. The average Bonchev–Trinajstić information content (AvgIpc) is 2.94. The van der Waals surface area contributed by atoms with E-state index in [4.69, 9.17) is 4.74 Å². The van der Waals surface area contributed by atoms with E-state index in [2.05, 4.69) is 10.3 Å². The number of ether oxygens (including phenoxy) is 1. The van der Waals surface area contributed by atoms with Crippen molar-refractivity contribution in [2.24, 2.45) is 0 Å². The van der Waals surface area contributed by atoms with Gasteiger partial charge in [0, 0.05) is 19.2 Å². The predicted octanol–water partition coefficient (Wildman–Crippen LogP) is 2.27. The Balaban J connectivity index is 1.56. The van der Waals surface area contributed by atoms with Gasteiger partial charge in [0.05, 0.1) is 17.7 Å². The van der Waals surface area contributed by atoms with Gasteiger partial charge >= 0.3 is 5.97 Å². The third-order valence-corrected chi connectivity index (χ3v) is 4.22. The van der Waals surface area contributed by atoms with Crippen LogP contribution in [0, 0.1) is 0 Å². The summed E-state index contributed by atoms with van der Waals surface area (Å²) in [6, 6.07) is 9.72. The normalized spacial score (nSPS) is 12.7. The molecule has 0 saturated heterocycles. The van der Waals surface area contributed by atoms with Gasteiger partial charge in [-0.25, -0.2) is 9.78 Å². The maximum Gasteiger partial charge on any atom is 0.341 e. The monoisotopic (exact) mass is 381 g/mol. The Hall–Kier alpha value is -3.55. The third-order valence-electron chi connectivity index (χ3n) is 4.22. The van der Waals surface area contributed by atoms with Crippen molar-refractivity contribution in [2.75, 3.05) is 18.5 Å². The van der Waals surface area contributed by atoms with Crippen LogP contribution in [0.2, 0.25) is 0 Å². The van der Waals surface area contributed by atoms with Gasteiger partial charge in [-0.05, 0) is 37.6 Å². The fraction of sp³-hybridized carbons (Fsp3) is 0.250. The lowest BCUT2D eigenvalue weighted by molar-refractivity contribution is -0.116. The van der Waals surface area contributed by atoms with Crippen molar-refractivity contribution in [3.05, 3.63) is 59.3 Å². The maximum atomic E-state index is 12.3. The molecule has 3 rings (SSSR count). The van der Waals surface area contributed by atoms with Crippen molar-refractivity contribution in [1.29, 1.82) is 0 Å². The molecule has 1 aliphatic heterocycles. The van der Waals surface area contributed by atoms with Gasteiger partial charge in [-0.3, -0.25) is 19.3 Å². The van der Waals surface area contributed by atoms with Crippen molar-refractivity contribution >= 4 is 29.5 Å². The minimum Gasteiger partial charge on any atom is -0.462 e. The van der Waals surface area contributed by atoms with E-state index >= 15 is 0 Å². The molecule has 1 aromatic heterocycles. The number of pyridine rings is 1. The second-order valence-electron chi connectivity index (χ2n) is 6.08. The summed E-state index contributed by atoms with van der Waals surface area (Å²) >= 11 is 0. The van der Waals surface area contributed by atoms with Crippen LogP contribution in [0.5, 0.6) is 0 Å². The summed E-state index contributed by atoms with van der Waals surface area (Å²) in [5, 5.41) is 2.58. The van der Waals surface area contributed by atoms with Gasteiger partial charge in [-0.2, -0.15) is 0 Å². The number of nitrogens with zero attached hydrogens (tertiary/aromatic N) is 2. The van der Waals surface area contributed by atoms with E-state index in [1.807, 2.05) is 0 Å². The van der Waals surface area contributed by atoms with E-state index < -0.39 is 5.97 Å². The molecule has 3 amide bonds. The lowest BCUT2D eigenvalue weighted by Gasteiger charge is -2.13. The van der Waals surface area contributed by atoms with E-state index in [-0.39, 0.29) is 48.7 Å². The number of fused-ring (bicyclic) bond motifs is 1. The molecule has 0 spiro atoms. The lowest BCUT2D eigenvalue weighted by atomic mass is 10.1. The number of amides is 3. The van der Waals surface area contributed by atoms with E-state index in [0.29, 0.717) is 17.5 Å². The van der Waals surface area contributed by atoms with Crippen LogP contribution in [0.25, 0.3) is 0 Å². The number of carbonyl (C=O) groups is 4. The van der Waals surface area contributed by atoms with Crippen LogP contribution < -0.4 is 5.32 Å². The van der Waals surface area contributed by atoms with E-state index in [0.717, 1.165) is 4.90 Å². The molecular weight excluding hydrogens is 362 g/mol. The largest absolute Gasteiger partial charge is 0.462 e. The smallest absolute Gasteiger partial charge is 0.341 e. The van der Waals surface area contributed by atoms with Gasteiger partial charge in [0.15, 0.2) is 0 Å². The van der Waals surface area contributed by atoms with E-state index in [1.54, 1.807) is 37.3 Å². The van der Waals surface area contributed by atoms with Gasteiger partial charge in [0.25, 0.3) is 11.8 Å². The van der Waals surface area contributed by atoms with Crippen molar-refractivity contribution in [3.8, 4) is 0 Å². The summed E-state index contributed by atoms with van der Waals surface area (Å²) in [4.78, 5) is 53.9. The minimum atomic E-state index is -0.572. The topological polar surface area (TPSA) is 106 Å². The Bertz CT molecular complexity index is 906. The fourth-order valence-electron chi connectivity index (χ4n) is 2.91. The van der Waals surface area contributed by atoms with Crippen LogP contribution in [-0.2, 0) is 9.53 Å². The third kappa shape index (κ3) is 3.90. The number of benzene rings is 1. The van der Waals surface area contributed by atoms with Crippen LogP contribution in [-0.4, -0.2) is 46.7 Å². The van der Waals surface area contributed by atoms with E-state index in [9.17, 15) is 19.2 Å². The molecule has 1 N–H and O–H groups in total.